The second kappa shape index (κ2) is 6.10. The molecule has 1 rings (SSSR count). The fourth-order valence-corrected chi connectivity index (χ4v) is 1.40. The predicted molar refractivity (Wildman–Crippen MR) is 67.7 cm³/mol. The van der Waals surface area contributed by atoms with Gasteiger partial charge in [0.1, 0.15) is 6.04 Å². The quantitative estimate of drug-likeness (QED) is 0.781. The Hall–Kier alpha value is -1.75. The van der Waals surface area contributed by atoms with E-state index in [1.807, 2.05) is 43.3 Å². The van der Waals surface area contributed by atoms with Crippen LogP contribution in [0.5, 0.6) is 0 Å². The molecule has 0 heterocycles. The van der Waals surface area contributed by atoms with E-state index >= 15 is 0 Å². The molecule has 5 nitrogen and oxygen atoms in total. The minimum Gasteiger partial charge on any atom is -0.480 e. The first-order valence-corrected chi connectivity index (χ1v) is 5.30. The first kappa shape index (κ1) is 13.3. The van der Waals surface area contributed by atoms with Gasteiger partial charge >= 0.3 is 5.97 Å². The lowest BCUT2D eigenvalue weighted by Crippen LogP contribution is -2.33. The summed E-state index contributed by atoms with van der Waals surface area (Å²) in [4.78, 5) is 12.9. The maximum atomic E-state index is 10.9. The summed E-state index contributed by atoms with van der Waals surface area (Å²) >= 11 is 0. The molecule has 0 aromatic heterocycles. The largest absolute Gasteiger partial charge is 0.480 e. The molecular formula is C12H18N2O3. The van der Waals surface area contributed by atoms with E-state index in [2.05, 4.69) is 5.32 Å². The van der Waals surface area contributed by atoms with E-state index < -0.39 is 12.0 Å². The van der Waals surface area contributed by atoms with Gasteiger partial charge in [0, 0.05) is 32.6 Å². The van der Waals surface area contributed by atoms with Crippen molar-refractivity contribution in [2.75, 3.05) is 38.0 Å². The first-order valence-electron chi connectivity index (χ1n) is 5.30. The third kappa shape index (κ3) is 3.96. The van der Waals surface area contributed by atoms with Crippen LogP contribution in [0.15, 0.2) is 24.3 Å². The number of aliphatic carboxylic acids is 1. The topological polar surface area (TPSA) is 61.8 Å². The van der Waals surface area contributed by atoms with Crippen molar-refractivity contribution in [3.63, 3.8) is 0 Å². The van der Waals surface area contributed by atoms with E-state index in [0.29, 0.717) is 0 Å². The van der Waals surface area contributed by atoms with Crippen LogP contribution in [0.25, 0.3) is 0 Å². The number of rotatable bonds is 6. The highest BCUT2D eigenvalue weighted by Gasteiger charge is 2.16. The van der Waals surface area contributed by atoms with Gasteiger partial charge in [-0.25, -0.2) is 4.79 Å². The number of carbonyl (C=O) groups is 1. The Morgan fingerprint density at radius 2 is 2.00 bits per heavy atom. The molecule has 0 spiro atoms. The standard InChI is InChI=1S/C12H18N2O3/c1-14(2)10-6-4-9(5-7-10)13-11(8-17-3)12(15)16/h4-7,11,13H,8H2,1-3H3,(H,15,16). The fraction of sp³-hybridized carbons (Fsp3) is 0.417. The summed E-state index contributed by atoms with van der Waals surface area (Å²) in [6.07, 6.45) is 0. The summed E-state index contributed by atoms with van der Waals surface area (Å²) in [5.74, 6) is -0.927. The van der Waals surface area contributed by atoms with Gasteiger partial charge in [0.15, 0.2) is 0 Å². The van der Waals surface area contributed by atoms with E-state index in [1.165, 1.54) is 7.11 Å². The molecule has 94 valence electrons. The maximum Gasteiger partial charge on any atom is 0.328 e. The van der Waals surface area contributed by atoms with Crippen molar-refractivity contribution in [3.05, 3.63) is 24.3 Å². The summed E-state index contributed by atoms with van der Waals surface area (Å²) in [7, 11) is 5.38. The van der Waals surface area contributed by atoms with E-state index in [1.54, 1.807) is 0 Å². The molecular weight excluding hydrogens is 220 g/mol. The highest BCUT2D eigenvalue weighted by molar-refractivity contribution is 5.77. The molecule has 0 aliphatic heterocycles. The number of anilines is 2. The van der Waals surface area contributed by atoms with Crippen molar-refractivity contribution in [2.45, 2.75) is 6.04 Å². The second-order valence-corrected chi connectivity index (χ2v) is 3.93. The molecule has 0 radical (unpaired) electrons. The number of benzene rings is 1. The average molecular weight is 238 g/mol. The molecule has 17 heavy (non-hydrogen) atoms. The molecule has 0 fully saturated rings. The monoisotopic (exact) mass is 238 g/mol. The highest BCUT2D eigenvalue weighted by atomic mass is 16.5. The summed E-state index contributed by atoms with van der Waals surface area (Å²) < 4.78 is 4.85. The molecule has 0 aliphatic carbocycles. The van der Waals surface area contributed by atoms with Gasteiger partial charge in [-0.1, -0.05) is 0 Å². The number of ether oxygens (including phenoxy) is 1. The van der Waals surface area contributed by atoms with Gasteiger partial charge in [-0.3, -0.25) is 0 Å². The molecule has 5 heteroatoms. The SMILES string of the molecule is COCC(Nc1ccc(N(C)C)cc1)C(=O)O. The van der Waals surface area contributed by atoms with Crippen LogP contribution in [0.4, 0.5) is 11.4 Å². The molecule has 1 aromatic rings. The van der Waals surface area contributed by atoms with E-state index in [9.17, 15) is 4.79 Å². The number of hydrogen-bond acceptors (Lipinski definition) is 4. The van der Waals surface area contributed by atoms with Crippen molar-refractivity contribution in [1.29, 1.82) is 0 Å². The lowest BCUT2D eigenvalue weighted by atomic mass is 10.2. The lowest BCUT2D eigenvalue weighted by Gasteiger charge is -2.16. The van der Waals surface area contributed by atoms with Gasteiger partial charge in [0.25, 0.3) is 0 Å². The van der Waals surface area contributed by atoms with Gasteiger partial charge in [0.2, 0.25) is 0 Å². The van der Waals surface area contributed by atoms with Crippen LogP contribution in [0, 0.1) is 0 Å². The molecule has 0 aliphatic rings. The summed E-state index contributed by atoms with van der Waals surface area (Å²) in [5.41, 5.74) is 1.83. The molecule has 0 amide bonds. The van der Waals surface area contributed by atoms with Gasteiger partial charge in [-0.15, -0.1) is 0 Å². The Morgan fingerprint density at radius 3 is 2.41 bits per heavy atom. The average Bonchev–Trinajstić information content (AvgIpc) is 2.29. The fourth-order valence-electron chi connectivity index (χ4n) is 1.40. The molecule has 1 unspecified atom stereocenters. The molecule has 0 saturated carbocycles. The molecule has 1 atom stereocenters. The van der Waals surface area contributed by atoms with Gasteiger partial charge in [0.05, 0.1) is 6.61 Å². The summed E-state index contributed by atoms with van der Waals surface area (Å²) in [6, 6.07) is 6.81. The molecule has 0 saturated heterocycles. The van der Waals surface area contributed by atoms with Crippen molar-refractivity contribution in [1.82, 2.24) is 0 Å². The number of methoxy groups -OCH3 is 1. The van der Waals surface area contributed by atoms with Crippen molar-refractivity contribution < 1.29 is 14.6 Å². The van der Waals surface area contributed by atoms with Crippen LogP contribution in [0.3, 0.4) is 0 Å². The summed E-state index contributed by atoms with van der Waals surface area (Å²) in [6.45, 7) is 0.130. The smallest absolute Gasteiger partial charge is 0.328 e. The Labute approximate surface area is 101 Å². The van der Waals surface area contributed by atoms with Crippen LogP contribution in [-0.2, 0) is 9.53 Å². The van der Waals surface area contributed by atoms with Crippen molar-refractivity contribution in [3.8, 4) is 0 Å². The Kier molecular flexibility index (Phi) is 4.78. The first-order chi connectivity index (χ1) is 8.04. The van der Waals surface area contributed by atoms with Crippen LogP contribution < -0.4 is 10.2 Å². The van der Waals surface area contributed by atoms with Crippen LogP contribution >= 0.6 is 0 Å². The third-order valence-electron chi connectivity index (χ3n) is 2.36. The summed E-state index contributed by atoms with van der Waals surface area (Å²) in [5, 5.41) is 11.9. The zero-order chi connectivity index (χ0) is 12.8. The van der Waals surface area contributed by atoms with E-state index in [-0.39, 0.29) is 6.61 Å². The van der Waals surface area contributed by atoms with E-state index in [0.717, 1.165) is 11.4 Å². The Balaban J connectivity index is 2.70. The zero-order valence-electron chi connectivity index (χ0n) is 10.3. The molecule has 0 bridgehead atoms. The highest BCUT2D eigenvalue weighted by Crippen LogP contribution is 2.16. The number of carboxylic acids is 1. The zero-order valence-corrected chi connectivity index (χ0v) is 10.3. The van der Waals surface area contributed by atoms with Crippen molar-refractivity contribution in [2.24, 2.45) is 0 Å². The third-order valence-corrected chi connectivity index (χ3v) is 2.36. The van der Waals surface area contributed by atoms with Crippen LogP contribution in [-0.4, -0.2) is 44.9 Å². The predicted octanol–water partition coefficient (Wildman–Crippen LogP) is 1.26. The van der Waals surface area contributed by atoms with Crippen molar-refractivity contribution >= 4 is 17.3 Å². The maximum absolute atomic E-state index is 10.9. The molecule has 1 aromatic carbocycles. The normalized spacial score (nSPS) is 11.9. The van der Waals surface area contributed by atoms with Gasteiger partial charge < -0.3 is 20.1 Å². The second-order valence-electron chi connectivity index (χ2n) is 3.93. The van der Waals surface area contributed by atoms with E-state index in [4.69, 9.17) is 9.84 Å². The number of nitrogens with one attached hydrogen (secondary N) is 1. The van der Waals surface area contributed by atoms with Crippen LogP contribution in [0.2, 0.25) is 0 Å². The molecule has 2 N–H and O–H groups in total. The number of carboxylic acid groups (broad SMARTS) is 1. The minimum absolute atomic E-state index is 0.130. The lowest BCUT2D eigenvalue weighted by molar-refractivity contribution is -0.139. The minimum atomic E-state index is -0.927. The Bertz CT molecular complexity index is 363. The Morgan fingerprint density at radius 1 is 1.41 bits per heavy atom. The number of hydrogen-bond donors (Lipinski definition) is 2. The number of nitrogens with zero attached hydrogens (tertiary/aromatic N) is 1. The van der Waals surface area contributed by atoms with Gasteiger partial charge in [-0.05, 0) is 24.3 Å². The van der Waals surface area contributed by atoms with Gasteiger partial charge in [-0.2, -0.15) is 0 Å². The van der Waals surface area contributed by atoms with Crippen LogP contribution in [0.1, 0.15) is 0 Å².